The molecule has 150 valence electrons. The Hall–Kier alpha value is -3.28. The van der Waals surface area contributed by atoms with Crippen molar-refractivity contribution in [3.8, 4) is 5.75 Å². The number of carbonyl (C=O) groups excluding carboxylic acids is 2. The van der Waals surface area contributed by atoms with E-state index in [0.717, 1.165) is 13.1 Å². The Bertz CT molecular complexity index is 990. The van der Waals surface area contributed by atoms with Crippen LogP contribution in [-0.4, -0.2) is 62.0 Å². The molecule has 0 aromatic heterocycles. The van der Waals surface area contributed by atoms with Gasteiger partial charge in [-0.2, -0.15) is 0 Å². The number of likely N-dealkylation sites (N-methyl/N-ethyl adjacent to an activating group) is 1. The van der Waals surface area contributed by atoms with Crippen molar-refractivity contribution in [2.75, 3.05) is 45.2 Å². The van der Waals surface area contributed by atoms with Gasteiger partial charge < -0.3 is 14.5 Å². The molecular weight excluding hydrogens is 366 g/mol. The number of imide groups is 1. The number of piperazine rings is 1. The molecule has 2 aliphatic rings. The number of nitrogens with zero attached hydrogens (tertiary/aromatic N) is 3. The van der Waals surface area contributed by atoms with Gasteiger partial charge >= 0.3 is 0 Å². The van der Waals surface area contributed by atoms with Gasteiger partial charge in [-0.05, 0) is 30.7 Å². The molecule has 6 heteroatoms. The summed E-state index contributed by atoms with van der Waals surface area (Å²) in [4.78, 5) is 31.4. The van der Waals surface area contributed by atoms with Gasteiger partial charge in [-0.1, -0.05) is 30.3 Å². The number of aryl methyl sites for hydroxylation is 1. The van der Waals surface area contributed by atoms with E-state index in [1.807, 2.05) is 29.2 Å². The molecule has 4 rings (SSSR count). The van der Waals surface area contributed by atoms with Crippen LogP contribution in [0.2, 0.25) is 0 Å². The van der Waals surface area contributed by atoms with Crippen molar-refractivity contribution in [2.24, 2.45) is 0 Å². The standard InChI is InChI=1S/C23H25N3O3/c1-16-7-6-8-17(15-16)25-11-13-26(14-12-25)21-20(22(27)24(2)23(21)28)18-9-4-5-10-19(18)29-3/h4-10,15H,11-14H2,1-3H3. The van der Waals surface area contributed by atoms with Crippen LogP contribution in [0.4, 0.5) is 5.69 Å². The van der Waals surface area contributed by atoms with Crippen LogP contribution in [-0.2, 0) is 9.59 Å². The molecule has 0 unspecified atom stereocenters. The SMILES string of the molecule is COc1ccccc1C1=C(N2CCN(c3cccc(C)c3)CC2)C(=O)N(C)C1=O. The lowest BCUT2D eigenvalue weighted by Gasteiger charge is -2.37. The van der Waals surface area contributed by atoms with E-state index in [-0.39, 0.29) is 11.8 Å². The molecule has 0 atom stereocenters. The number of amides is 2. The summed E-state index contributed by atoms with van der Waals surface area (Å²) in [5.41, 5.74) is 3.98. The Kier molecular flexibility index (Phi) is 5.01. The van der Waals surface area contributed by atoms with E-state index in [1.54, 1.807) is 7.11 Å². The van der Waals surface area contributed by atoms with Gasteiger partial charge in [0.1, 0.15) is 11.4 Å². The van der Waals surface area contributed by atoms with E-state index in [4.69, 9.17) is 4.74 Å². The molecule has 2 aliphatic heterocycles. The van der Waals surface area contributed by atoms with Crippen LogP contribution in [0.1, 0.15) is 11.1 Å². The van der Waals surface area contributed by atoms with E-state index in [1.165, 1.54) is 23.2 Å². The lowest BCUT2D eigenvalue weighted by Crippen LogP contribution is -2.47. The zero-order valence-corrected chi connectivity index (χ0v) is 17.0. The van der Waals surface area contributed by atoms with Crippen molar-refractivity contribution in [1.29, 1.82) is 0 Å². The molecule has 0 N–H and O–H groups in total. The summed E-state index contributed by atoms with van der Waals surface area (Å²) in [5.74, 6) is 0.0605. The van der Waals surface area contributed by atoms with E-state index < -0.39 is 0 Å². The average molecular weight is 391 g/mol. The number of hydrogen-bond donors (Lipinski definition) is 0. The average Bonchev–Trinajstić information content (AvgIpc) is 2.97. The minimum Gasteiger partial charge on any atom is -0.496 e. The maximum atomic E-state index is 12.9. The zero-order valence-electron chi connectivity index (χ0n) is 17.0. The highest BCUT2D eigenvalue weighted by Crippen LogP contribution is 2.36. The third-order valence-electron chi connectivity index (χ3n) is 5.60. The molecule has 2 aromatic carbocycles. The molecule has 2 amide bonds. The van der Waals surface area contributed by atoms with Gasteiger partial charge in [0.15, 0.2) is 0 Å². The Morgan fingerprint density at radius 2 is 1.55 bits per heavy atom. The molecule has 2 heterocycles. The molecule has 0 spiro atoms. The van der Waals surface area contributed by atoms with Crippen LogP contribution in [0.15, 0.2) is 54.2 Å². The Morgan fingerprint density at radius 1 is 0.862 bits per heavy atom. The summed E-state index contributed by atoms with van der Waals surface area (Å²) < 4.78 is 5.46. The van der Waals surface area contributed by atoms with Crippen molar-refractivity contribution in [3.63, 3.8) is 0 Å². The van der Waals surface area contributed by atoms with Crippen molar-refractivity contribution in [2.45, 2.75) is 6.92 Å². The molecular formula is C23H25N3O3. The number of carbonyl (C=O) groups is 2. The minimum absolute atomic E-state index is 0.250. The predicted molar refractivity (Wildman–Crippen MR) is 113 cm³/mol. The fourth-order valence-corrected chi connectivity index (χ4v) is 4.03. The molecule has 0 radical (unpaired) electrons. The number of hydrogen-bond acceptors (Lipinski definition) is 5. The van der Waals surface area contributed by atoms with Gasteiger partial charge in [0.05, 0.1) is 12.7 Å². The van der Waals surface area contributed by atoms with Crippen molar-refractivity contribution in [3.05, 3.63) is 65.4 Å². The summed E-state index contributed by atoms with van der Waals surface area (Å²) in [5, 5.41) is 0. The van der Waals surface area contributed by atoms with Gasteiger partial charge in [-0.3, -0.25) is 14.5 Å². The number of para-hydroxylation sites is 1. The van der Waals surface area contributed by atoms with Crippen LogP contribution >= 0.6 is 0 Å². The fourth-order valence-electron chi connectivity index (χ4n) is 4.03. The van der Waals surface area contributed by atoms with Crippen molar-refractivity contribution >= 4 is 23.1 Å². The first-order chi connectivity index (χ1) is 14.0. The molecule has 6 nitrogen and oxygen atoms in total. The second kappa shape index (κ2) is 7.62. The zero-order chi connectivity index (χ0) is 20.5. The minimum atomic E-state index is -0.282. The number of anilines is 1. The number of benzene rings is 2. The van der Waals surface area contributed by atoms with E-state index in [0.29, 0.717) is 35.7 Å². The maximum Gasteiger partial charge on any atom is 0.277 e. The van der Waals surface area contributed by atoms with E-state index in [9.17, 15) is 9.59 Å². The van der Waals surface area contributed by atoms with Gasteiger partial charge in [-0.25, -0.2) is 0 Å². The normalized spacial score (nSPS) is 17.4. The molecule has 0 saturated carbocycles. The quantitative estimate of drug-likeness (QED) is 0.750. The predicted octanol–water partition coefficient (Wildman–Crippen LogP) is 2.54. The van der Waals surface area contributed by atoms with Crippen molar-refractivity contribution < 1.29 is 14.3 Å². The Morgan fingerprint density at radius 3 is 2.24 bits per heavy atom. The molecule has 1 fully saturated rings. The summed E-state index contributed by atoms with van der Waals surface area (Å²) in [7, 11) is 3.11. The van der Waals surface area contributed by atoms with Crippen LogP contribution in [0.3, 0.4) is 0 Å². The highest BCUT2D eigenvalue weighted by atomic mass is 16.5. The Balaban J connectivity index is 1.66. The monoisotopic (exact) mass is 391 g/mol. The van der Waals surface area contributed by atoms with Crippen LogP contribution in [0, 0.1) is 6.92 Å². The first-order valence-corrected chi connectivity index (χ1v) is 9.78. The Labute approximate surface area is 171 Å². The maximum absolute atomic E-state index is 12.9. The highest BCUT2D eigenvalue weighted by molar-refractivity contribution is 6.35. The second-order valence-corrected chi connectivity index (χ2v) is 7.41. The van der Waals surface area contributed by atoms with Crippen LogP contribution in [0.25, 0.3) is 5.57 Å². The van der Waals surface area contributed by atoms with Crippen LogP contribution < -0.4 is 9.64 Å². The summed E-state index contributed by atoms with van der Waals surface area (Å²) in [6, 6.07) is 15.8. The fraction of sp³-hybridized carbons (Fsp3) is 0.304. The van der Waals surface area contributed by atoms with Crippen molar-refractivity contribution in [1.82, 2.24) is 9.80 Å². The van der Waals surface area contributed by atoms with Gasteiger partial charge in [0.2, 0.25) is 0 Å². The lowest BCUT2D eigenvalue weighted by molar-refractivity contribution is -0.135. The third kappa shape index (κ3) is 3.35. The third-order valence-corrected chi connectivity index (χ3v) is 5.60. The largest absolute Gasteiger partial charge is 0.496 e. The number of ether oxygens (including phenoxy) is 1. The number of methoxy groups -OCH3 is 1. The molecule has 1 saturated heterocycles. The summed E-state index contributed by atoms with van der Waals surface area (Å²) in [6.45, 7) is 5.01. The molecule has 0 aliphatic carbocycles. The summed E-state index contributed by atoms with van der Waals surface area (Å²) in [6.07, 6.45) is 0. The van der Waals surface area contributed by atoms with Crippen LogP contribution in [0.5, 0.6) is 5.75 Å². The molecule has 29 heavy (non-hydrogen) atoms. The second-order valence-electron chi connectivity index (χ2n) is 7.41. The first-order valence-electron chi connectivity index (χ1n) is 9.78. The lowest BCUT2D eigenvalue weighted by atomic mass is 10.0. The topological polar surface area (TPSA) is 53.1 Å². The smallest absolute Gasteiger partial charge is 0.277 e. The first kappa shape index (κ1) is 19.1. The molecule has 0 bridgehead atoms. The van der Waals surface area contributed by atoms with E-state index >= 15 is 0 Å². The highest BCUT2D eigenvalue weighted by Gasteiger charge is 2.41. The van der Waals surface area contributed by atoms with Gasteiger partial charge in [0, 0.05) is 44.5 Å². The van der Waals surface area contributed by atoms with E-state index in [2.05, 4.69) is 36.1 Å². The van der Waals surface area contributed by atoms with Gasteiger partial charge in [-0.15, -0.1) is 0 Å². The number of rotatable bonds is 4. The molecule has 2 aromatic rings. The summed E-state index contributed by atoms with van der Waals surface area (Å²) >= 11 is 0. The van der Waals surface area contributed by atoms with Gasteiger partial charge in [0.25, 0.3) is 11.8 Å².